The average molecular weight is 159 g/mol. The van der Waals surface area contributed by atoms with Crippen molar-refractivity contribution in [1.82, 2.24) is 0 Å². The Balaban J connectivity index is 3.31. The van der Waals surface area contributed by atoms with Gasteiger partial charge in [-0.15, -0.1) is 0 Å². The predicted molar refractivity (Wildman–Crippen MR) is 44.3 cm³/mol. The highest BCUT2D eigenvalue weighted by Crippen LogP contribution is 2.08. The van der Waals surface area contributed by atoms with E-state index >= 15 is 0 Å². The first kappa shape index (κ1) is 10.4. The summed E-state index contributed by atoms with van der Waals surface area (Å²) in [4.78, 5) is 10.3. The van der Waals surface area contributed by atoms with Gasteiger partial charge in [0, 0.05) is 6.04 Å². The second-order valence-electron chi connectivity index (χ2n) is 3.15. The Kier molecular flexibility index (Phi) is 4.86. The van der Waals surface area contributed by atoms with Crippen molar-refractivity contribution in [3.63, 3.8) is 0 Å². The summed E-state index contributed by atoms with van der Waals surface area (Å²) in [5.74, 6) is -0.941. The van der Waals surface area contributed by atoms with Crippen molar-refractivity contribution in [3.05, 3.63) is 0 Å². The largest absolute Gasteiger partial charge is 0.481 e. The lowest BCUT2D eigenvalue weighted by molar-refractivity contribution is -0.141. The molecule has 0 aliphatic carbocycles. The highest BCUT2D eigenvalue weighted by atomic mass is 16.4. The van der Waals surface area contributed by atoms with Crippen LogP contribution in [-0.2, 0) is 4.79 Å². The smallest absolute Gasteiger partial charge is 0.306 e. The molecule has 0 bridgehead atoms. The number of carboxylic acids is 1. The van der Waals surface area contributed by atoms with Crippen molar-refractivity contribution in [3.8, 4) is 0 Å². The molecule has 0 aliphatic rings. The standard InChI is InChI=1S/C8H17NO2/c1-6(8(10)11)4-3-5-7(2)9/h6-7H,3-5,9H2,1-2H3,(H,10,11)/t6-,7+/m1/s1. The van der Waals surface area contributed by atoms with Gasteiger partial charge >= 0.3 is 5.97 Å². The number of nitrogens with two attached hydrogens (primary N) is 1. The molecule has 0 amide bonds. The van der Waals surface area contributed by atoms with E-state index in [0.29, 0.717) is 0 Å². The van der Waals surface area contributed by atoms with Gasteiger partial charge in [0.1, 0.15) is 0 Å². The van der Waals surface area contributed by atoms with Crippen LogP contribution in [0.15, 0.2) is 0 Å². The number of rotatable bonds is 5. The van der Waals surface area contributed by atoms with Crippen molar-refractivity contribution in [2.45, 2.75) is 39.2 Å². The first-order valence-corrected chi connectivity index (χ1v) is 4.02. The second-order valence-corrected chi connectivity index (χ2v) is 3.15. The van der Waals surface area contributed by atoms with Crippen LogP contribution in [0.2, 0.25) is 0 Å². The van der Waals surface area contributed by atoms with Gasteiger partial charge in [0.2, 0.25) is 0 Å². The SMILES string of the molecule is C[C@H](N)CCC[C@@H](C)C(=O)O. The molecule has 3 heteroatoms. The normalized spacial score (nSPS) is 15.9. The van der Waals surface area contributed by atoms with Gasteiger partial charge < -0.3 is 10.8 Å². The summed E-state index contributed by atoms with van der Waals surface area (Å²) in [6, 6.07) is 0.191. The third kappa shape index (κ3) is 5.85. The van der Waals surface area contributed by atoms with Gasteiger partial charge in [-0.3, -0.25) is 4.79 Å². The van der Waals surface area contributed by atoms with Gasteiger partial charge in [0.15, 0.2) is 0 Å². The summed E-state index contributed by atoms with van der Waals surface area (Å²) >= 11 is 0. The van der Waals surface area contributed by atoms with E-state index in [9.17, 15) is 4.79 Å². The molecule has 2 atom stereocenters. The molecule has 0 aliphatic heterocycles. The number of carbonyl (C=O) groups is 1. The van der Waals surface area contributed by atoms with Crippen molar-refractivity contribution in [2.24, 2.45) is 11.7 Å². The number of hydrogen-bond donors (Lipinski definition) is 2. The fourth-order valence-corrected chi connectivity index (χ4v) is 0.869. The fourth-order valence-electron chi connectivity index (χ4n) is 0.869. The highest BCUT2D eigenvalue weighted by molar-refractivity contribution is 5.69. The highest BCUT2D eigenvalue weighted by Gasteiger charge is 2.09. The zero-order valence-corrected chi connectivity index (χ0v) is 7.21. The summed E-state index contributed by atoms with van der Waals surface area (Å²) < 4.78 is 0. The van der Waals surface area contributed by atoms with Crippen LogP contribution in [0, 0.1) is 5.92 Å². The molecule has 0 radical (unpaired) electrons. The van der Waals surface area contributed by atoms with Crippen molar-refractivity contribution < 1.29 is 9.90 Å². The first-order chi connectivity index (χ1) is 5.04. The van der Waals surface area contributed by atoms with Gasteiger partial charge in [-0.1, -0.05) is 13.3 Å². The van der Waals surface area contributed by atoms with E-state index in [0.717, 1.165) is 19.3 Å². The summed E-state index contributed by atoms with van der Waals surface area (Å²) in [7, 11) is 0. The fraction of sp³-hybridized carbons (Fsp3) is 0.875. The third-order valence-corrected chi connectivity index (χ3v) is 1.72. The molecule has 11 heavy (non-hydrogen) atoms. The Hall–Kier alpha value is -0.570. The van der Waals surface area contributed by atoms with E-state index in [1.807, 2.05) is 6.92 Å². The average Bonchev–Trinajstić information content (AvgIpc) is 1.86. The maximum atomic E-state index is 10.3. The zero-order valence-electron chi connectivity index (χ0n) is 7.21. The summed E-state index contributed by atoms with van der Waals surface area (Å²) in [6.45, 7) is 3.66. The Bertz CT molecular complexity index is 123. The van der Waals surface area contributed by atoms with E-state index < -0.39 is 5.97 Å². The van der Waals surface area contributed by atoms with Gasteiger partial charge in [-0.05, 0) is 19.8 Å². The molecule has 0 aromatic heterocycles. The Morgan fingerprint density at radius 3 is 2.36 bits per heavy atom. The Morgan fingerprint density at radius 2 is 2.00 bits per heavy atom. The van der Waals surface area contributed by atoms with Crippen LogP contribution in [-0.4, -0.2) is 17.1 Å². The molecule has 0 aromatic carbocycles. The molecule has 0 unspecified atom stereocenters. The quantitative estimate of drug-likeness (QED) is 0.634. The Labute approximate surface area is 67.6 Å². The molecule has 0 spiro atoms. The topological polar surface area (TPSA) is 63.3 Å². The molecular formula is C8H17NO2. The van der Waals surface area contributed by atoms with E-state index in [1.54, 1.807) is 6.92 Å². The van der Waals surface area contributed by atoms with Crippen molar-refractivity contribution >= 4 is 5.97 Å². The van der Waals surface area contributed by atoms with Crippen LogP contribution in [0.1, 0.15) is 33.1 Å². The molecule has 3 N–H and O–H groups in total. The van der Waals surface area contributed by atoms with E-state index in [-0.39, 0.29) is 12.0 Å². The molecule has 0 fully saturated rings. The minimum absolute atomic E-state index is 0.191. The lowest BCUT2D eigenvalue weighted by Gasteiger charge is -2.06. The lowest BCUT2D eigenvalue weighted by Crippen LogP contribution is -2.16. The van der Waals surface area contributed by atoms with Gasteiger partial charge in [-0.25, -0.2) is 0 Å². The van der Waals surface area contributed by atoms with Gasteiger partial charge in [-0.2, -0.15) is 0 Å². The van der Waals surface area contributed by atoms with E-state index in [4.69, 9.17) is 10.8 Å². The molecule has 0 rings (SSSR count). The second kappa shape index (κ2) is 5.13. The summed E-state index contributed by atoms with van der Waals surface area (Å²) in [5.41, 5.74) is 5.51. The Morgan fingerprint density at radius 1 is 1.45 bits per heavy atom. The minimum atomic E-state index is -0.713. The molecule has 0 heterocycles. The maximum absolute atomic E-state index is 10.3. The van der Waals surface area contributed by atoms with Crippen LogP contribution < -0.4 is 5.73 Å². The number of hydrogen-bond acceptors (Lipinski definition) is 2. The van der Waals surface area contributed by atoms with E-state index in [2.05, 4.69) is 0 Å². The van der Waals surface area contributed by atoms with Crippen LogP contribution in [0.5, 0.6) is 0 Å². The van der Waals surface area contributed by atoms with Crippen LogP contribution in [0.4, 0.5) is 0 Å². The van der Waals surface area contributed by atoms with Crippen LogP contribution in [0.3, 0.4) is 0 Å². The monoisotopic (exact) mass is 159 g/mol. The number of carboxylic acid groups (broad SMARTS) is 1. The third-order valence-electron chi connectivity index (χ3n) is 1.72. The van der Waals surface area contributed by atoms with E-state index in [1.165, 1.54) is 0 Å². The number of aliphatic carboxylic acids is 1. The molecular weight excluding hydrogens is 142 g/mol. The maximum Gasteiger partial charge on any atom is 0.306 e. The van der Waals surface area contributed by atoms with Gasteiger partial charge in [0.05, 0.1) is 5.92 Å². The van der Waals surface area contributed by atoms with Crippen molar-refractivity contribution in [2.75, 3.05) is 0 Å². The van der Waals surface area contributed by atoms with Crippen LogP contribution >= 0.6 is 0 Å². The molecule has 66 valence electrons. The molecule has 0 saturated heterocycles. The van der Waals surface area contributed by atoms with Crippen LogP contribution in [0.25, 0.3) is 0 Å². The molecule has 0 aromatic rings. The molecule has 3 nitrogen and oxygen atoms in total. The van der Waals surface area contributed by atoms with Crippen molar-refractivity contribution in [1.29, 1.82) is 0 Å². The minimum Gasteiger partial charge on any atom is -0.481 e. The van der Waals surface area contributed by atoms with Gasteiger partial charge in [0.25, 0.3) is 0 Å². The zero-order chi connectivity index (χ0) is 8.85. The summed E-state index contributed by atoms with van der Waals surface area (Å²) in [6.07, 6.45) is 2.56. The summed E-state index contributed by atoms with van der Waals surface area (Å²) in [5, 5.41) is 8.52. The predicted octanol–water partition coefficient (Wildman–Crippen LogP) is 1.22. The molecule has 0 saturated carbocycles. The lowest BCUT2D eigenvalue weighted by atomic mass is 10.0. The first-order valence-electron chi connectivity index (χ1n) is 4.02.